The number of hydrogen-bond donors (Lipinski definition) is 1. The first-order valence-corrected chi connectivity index (χ1v) is 6.03. The van der Waals surface area contributed by atoms with E-state index in [1.165, 1.54) is 4.88 Å². The summed E-state index contributed by atoms with van der Waals surface area (Å²) in [5, 5.41) is 5.27. The summed E-state index contributed by atoms with van der Waals surface area (Å²) in [6.45, 7) is 5.21. The molecule has 0 spiro atoms. The lowest BCUT2D eigenvalue weighted by molar-refractivity contribution is -0.128. The van der Waals surface area contributed by atoms with Gasteiger partial charge in [-0.15, -0.1) is 11.3 Å². The number of amides is 1. The van der Waals surface area contributed by atoms with Crippen LogP contribution < -0.4 is 5.32 Å². The molecule has 1 amide bonds. The van der Waals surface area contributed by atoms with Crippen LogP contribution in [0.1, 0.15) is 24.8 Å². The van der Waals surface area contributed by atoms with E-state index in [-0.39, 0.29) is 11.9 Å². The van der Waals surface area contributed by atoms with Crippen molar-refractivity contribution in [2.75, 3.05) is 20.1 Å². The fourth-order valence-corrected chi connectivity index (χ4v) is 1.95. The normalized spacial score (nSPS) is 12.5. The number of carbonyl (C=O) groups excluding carboxylic acids is 1. The molecule has 0 radical (unpaired) electrons. The second-order valence-corrected chi connectivity index (χ2v) is 4.51. The average molecular weight is 226 g/mol. The fraction of sp³-hybridized carbons (Fsp3) is 0.545. The standard InChI is InChI=1S/C11H18N2OS/c1-4-13(3)11(14)8-12-9(2)10-6-5-7-15-10/h5-7,9,12H,4,8H2,1-3H3/t9-/m1/s1. The lowest BCUT2D eigenvalue weighted by Gasteiger charge is -2.17. The highest BCUT2D eigenvalue weighted by Gasteiger charge is 2.10. The summed E-state index contributed by atoms with van der Waals surface area (Å²) in [4.78, 5) is 14.5. The SMILES string of the molecule is CCN(C)C(=O)CN[C@H](C)c1cccs1. The van der Waals surface area contributed by atoms with Crippen molar-refractivity contribution in [3.8, 4) is 0 Å². The third-order valence-corrected chi connectivity index (χ3v) is 3.48. The molecule has 0 aromatic carbocycles. The van der Waals surface area contributed by atoms with Gasteiger partial charge in [-0.05, 0) is 25.3 Å². The third kappa shape index (κ3) is 3.64. The van der Waals surface area contributed by atoms with Gasteiger partial charge in [-0.1, -0.05) is 6.07 Å². The quantitative estimate of drug-likeness (QED) is 0.831. The number of carbonyl (C=O) groups is 1. The van der Waals surface area contributed by atoms with Crippen molar-refractivity contribution in [1.82, 2.24) is 10.2 Å². The van der Waals surface area contributed by atoms with E-state index in [0.29, 0.717) is 6.54 Å². The molecule has 1 rings (SSSR count). The van der Waals surface area contributed by atoms with Crippen LogP contribution in [0.4, 0.5) is 0 Å². The van der Waals surface area contributed by atoms with Crippen LogP contribution in [0, 0.1) is 0 Å². The second kappa shape index (κ2) is 5.88. The molecular weight excluding hydrogens is 208 g/mol. The predicted molar refractivity (Wildman–Crippen MR) is 64.0 cm³/mol. The minimum absolute atomic E-state index is 0.140. The molecule has 0 aliphatic heterocycles. The zero-order valence-corrected chi connectivity index (χ0v) is 10.3. The summed E-state index contributed by atoms with van der Waals surface area (Å²) in [7, 11) is 1.82. The number of likely N-dealkylation sites (N-methyl/N-ethyl adjacent to an activating group) is 1. The summed E-state index contributed by atoms with van der Waals surface area (Å²) >= 11 is 1.71. The number of thiophene rings is 1. The van der Waals surface area contributed by atoms with Crippen molar-refractivity contribution in [2.24, 2.45) is 0 Å². The highest BCUT2D eigenvalue weighted by atomic mass is 32.1. The van der Waals surface area contributed by atoms with E-state index in [1.54, 1.807) is 16.2 Å². The van der Waals surface area contributed by atoms with Crippen LogP contribution in [-0.2, 0) is 4.79 Å². The van der Waals surface area contributed by atoms with Crippen LogP contribution in [0.15, 0.2) is 17.5 Å². The van der Waals surface area contributed by atoms with Gasteiger partial charge in [-0.25, -0.2) is 0 Å². The van der Waals surface area contributed by atoms with Gasteiger partial charge < -0.3 is 10.2 Å². The summed E-state index contributed by atoms with van der Waals surface area (Å²) in [5.41, 5.74) is 0. The van der Waals surface area contributed by atoms with E-state index < -0.39 is 0 Å². The van der Waals surface area contributed by atoms with E-state index in [4.69, 9.17) is 0 Å². The Morgan fingerprint density at radius 3 is 2.93 bits per heavy atom. The van der Waals surface area contributed by atoms with Crippen LogP contribution in [0.2, 0.25) is 0 Å². The number of nitrogens with zero attached hydrogens (tertiary/aromatic N) is 1. The van der Waals surface area contributed by atoms with Gasteiger partial charge in [-0.2, -0.15) is 0 Å². The van der Waals surface area contributed by atoms with Gasteiger partial charge in [0.1, 0.15) is 0 Å². The van der Waals surface area contributed by atoms with Crippen LogP contribution in [-0.4, -0.2) is 30.9 Å². The maximum Gasteiger partial charge on any atom is 0.236 e. The first kappa shape index (κ1) is 12.2. The van der Waals surface area contributed by atoms with Crippen LogP contribution in [0.5, 0.6) is 0 Å². The van der Waals surface area contributed by atoms with E-state index in [0.717, 1.165) is 6.54 Å². The molecule has 1 aromatic heterocycles. The maximum atomic E-state index is 11.5. The van der Waals surface area contributed by atoms with Crippen molar-refractivity contribution >= 4 is 17.2 Å². The van der Waals surface area contributed by atoms with Gasteiger partial charge in [0.05, 0.1) is 6.54 Å². The molecule has 4 heteroatoms. The number of hydrogen-bond acceptors (Lipinski definition) is 3. The molecule has 0 bridgehead atoms. The van der Waals surface area contributed by atoms with Crippen LogP contribution in [0.3, 0.4) is 0 Å². The average Bonchev–Trinajstić information content (AvgIpc) is 2.77. The largest absolute Gasteiger partial charge is 0.345 e. The molecule has 0 saturated carbocycles. The third-order valence-electron chi connectivity index (χ3n) is 2.43. The molecule has 0 aliphatic rings. The minimum atomic E-state index is 0.140. The Balaban J connectivity index is 2.34. The van der Waals surface area contributed by atoms with E-state index >= 15 is 0 Å². The molecule has 1 atom stereocenters. The Bertz CT molecular complexity index is 298. The first-order valence-electron chi connectivity index (χ1n) is 5.16. The summed E-state index contributed by atoms with van der Waals surface area (Å²) in [6, 6.07) is 4.35. The Labute approximate surface area is 95.1 Å². The number of nitrogens with one attached hydrogen (secondary N) is 1. The van der Waals surface area contributed by atoms with E-state index in [2.05, 4.69) is 18.3 Å². The molecule has 84 valence electrons. The molecule has 1 N–H and O–H groups in total. The van der Waals surface area contributed by atoms with Crippen molar-refractivity contribution in [1.29, 1.82) is 0 Å². The lowest BCUT2D eigenvalue weighted by Crippen LogP contribution is -2.36. The maximum absolute atomic E-state index is 11.5. The van der Waals surface area contributed by atoms with Crippen molar-refractivity contribution in [3.05, 3.63) is 22.4 Å². The Morgan fingerprint density at radius 1 is 1.67 bits per heavy atom. The van der Waals surface area contributed by atoms with Gasteiger partial charge in [0.25, 0.3) is 0 Å². The molecule has 0 fully saturated rings. The molecule has 0 aliphatic carbocycles. The topological polar surface area (TPSA) is 32.3 Å². The molecule has 15 heavy (non-hydrogen) atoms. The summed E-state index contributed by atoms with van der Waals surface area (Å²) in [6.07, 6.45) is 0. The van der Waals surface area contributed by atoms with Gasteiger partial charge in [-0.3, -0.25) is 4.79 Å². The van der Waals surface area contributed by atoms with Crippen molar-refractivity contribution in [2.45, 2.75) is 19.9 Å². The first-order chi connectivity index (χ1) is 7.15. The Morgan fingerprint density at radius 2 is 2.40 bits per heavy atom. The Kier molecular flexibility index (Phi) is 4.78. The van der Waals surface area contributed by atoms with Crippen LogP contribution in [0.25, 0.3) is 0 Å². The molecular formula is C11H18N2OS. The van der Waals surface area contributed by atoms with Crippen LogP contribution >= 0.6 is 11.3 Å². The van der Waals surface area contributed by atoms with Gasteiger partial charge >= 0.3 is 0 Å². The zero-order chi connectivity index (χ0) is 11.3. The zero-order valence-electron chi connectivity index (χ0n) is 9.49. The molecule has 3 nitrogen and oxygen atoms in total. The highest BCUT2D eigenvalue weighted by Crippen LogP contribution is 2.17. The molecule has 0 unspecified atom stereocenters. The van der Waals surface area contributed by atoms with Gasteiger partial charge in [0.2, 0.25) is 5.91 Å². The van der Waals surface area contributed by atoms with Gasteiger partial charge in [0, 0.05) is 24.5 Å². The number of rotatable bonds is 5. The molecule has 1 aromatic rings. The van der Waals surface area contributed by atoms with Crippen molar-refractivity contribution in [3.63, 3.8) is 0 Å². The van der Waals surface area contributed by atoms with E-state index in [1.807, 2.05) is 25.4 Å². The minimum Gasteiger partial charge on any atom is -0.345 e. The highest BCUT2D eigenvalue weighted by molar-refractivity contribution is 7.10. The monoisotopic (exact) mass is 226 g/mol. The summed E-state index contributed by atoms with van der Waals surface area (Å²) < 4.78 is 0. The Hall–Kier alpha value is -0.870. The molecule has 1 heterocycles. The van der Waals surface area contributed by atoms with Gasteiger partial charge in [0.15, 0.2) is 0 Å². The molecule has 0 saturated heterocycles. The lowest BCUT2D eigenvalue weighted by atomic mass is 10.3. The second-order valence-electron chi connectivity index (χ2n) is 3.53. The fourth-order valence-electron chi connectivity index (χ4n) is 1.19. The smallest absolute Gasteiger partial charge is 0.236 e. The van der Waals surface area contributed by atoms with E-state index in [9.17, 15) is 4.79 Å². The van der Waals surface area contributed by atoms with Crippen molar-refractivity contribution < 1.29 is 4.79 Å². The summed E-state index contributed by atoms with van der Waals surface area (Å²) in [5.74, 6) is 0.140. The predicted octanol–water partition coefficient (Wildman–Crippen LogP) is 1.88.